The number of hydrogen-bond donors (Lipinski definition) is 1. The first-order valence-corrected chi connectivity index (χ1v) is 10.2. The van der Waals surface area contributed by atoms with Crippen molar-refractivity contribution in [2.24, 2.45) is 0 Å². The highest BCUT2D eigenvalue weighted by molar-refractivity contribution is 7.90. The lowest BCUT2D eigenvalue weighted by Crippen LogP contribution is -2.28. The number of nitrogens with one attached hydrogen (secondary N) is 1. The number of amides is 3. The third kappa shape index (κ3) is 4.40. The molecule has 2 aromatic carbocycles. The number of carbonyl (C=O) groups is 3. The summed E-state index contributed by atoms with van der Waals surface area (Å²) in [5.74, 6) is -0.711. The average Bonchev–Trinajstić information content (AvgIpc) is 2.94. The summed E-state index contributed by atoms with van der Waals surface area (Å²) in [6, 6.07) is 12.5. The van der Waals surface area contributed by atoms with Crippen LogP contribution in [0.3, 0.4) is 0 Å². The SMILES string of the molecule is CS(=O)(=O)c1ccc(C(=O)Nc2ccc(CN3C(=O)CCC3=O)cc2)cc1. The van der Waals surface area contributed by atoms with Crippen LogP contribution in [0.1, 0.15) is 28.8 Å². The summed E-state index contributed by atoms with van der Waals surface area (Å²) < 4.78 is 22.9. The van der Waals surface area contributed by atoms with Crippen molar-refractivity contribution in [2.45, 2.75) is 24.3 Å². The van der Waals surface area contributed by atoms with Gasteiger partial charge in [-0.3, -0.25) is 19.3 Å². The molecule has 1 heterocycles. The molecule has 27 heavy (non-hydrogen) atoms. The van der Waals surface area contributed by atoms with Gasteiger partial charge in [0.05, 0.1) is 11.4 Å². The standard InChI is InChI=1S/C19H18N2O5S/c1-27(25,26)16-8-4-14(5-9-16)19(24)20-15-6-2-13(3-7-15)12-21-17(22)10-11-18(21)23/h2-9H,10-12H2,1H3,(H,20,24). The molecule has 0 radical (unpaired) electrons. The zero-order valence-corrected chi connectivity index (χ0v) is 15.5. The topological polar surface area (TPSA) is 101 Å². The van der Waals surface area contributed by atoms with Crippen molar-refractivity contribution in [1.29, 1.82) is 0 Å². The first-order chi connectivity index (χ1) is 12.7. The Morgan fingerprint density at radius 2 is 1.52 bits per heavy atom. The van der Waals surface area contributed by atoms with E-state index in [1.807, 2.05) is 0 Å². The second-order valence-electron chi connectivity index (χ2n) is 6.32. The van der Waals surface area contributed by atoms with Gasteiger partial charge in [0.2, 0.25) is 11.8 Å². The van der Waals surface area contributed by atoms with Crippen LogP contribution in [-0.2, 0) is 26.0 Å². The van der Waals surface area contributed by atoms with E-state index in [2.05, 4.69) is 5.32 Å². The lowest BCUT2D eigenvalue weighted by Gasteiger charge is -2.14. The van der Waals surface area contributed by atoms with E-state index in [0.29, 0.717) is 11.3 Å². The second-order valence-corrected chi connectivity index (χ2v) is 8.34. The molecule has 7 nitrogen and oxygen atoms in total. The lowest BCUT2D eigenvalue weighted by molar-refractivity contribution is -0.139. The Bertz CT molecular complexity index is 979. The molecular formula is C19H18N2O5S. The maximum Gasteiger partial charge on any atom is 0.255 e. The summed E-state index contributed by atoms with van der Waals surface area (Å²) in [6.07, 6.45) is 1.61. The number of nitrogens with zero attached hydrogens (tertiary/aromatic N) is 1. The monoisotopic (exact) mass is 386 g/mol. The van der Waals surface area contributed by atoms with Crippen molar-refractivity contribution >= 4 is 33.2 Å². The molecule has 0 aliphatic carbocycles. The van der Waals surface area contributed by atoms with Crippen LogP contribution in [0, 0.1) is 0 Å². The maximum atomic E-state index is 12.3. The summed E-state index contributed by atoms with van der Waals surface area (Å²) in [5, 5.41) is 2.72. The summed E-state index contributed by atoms with van der Waals surface area (Å²) in [6.45, 7) is 0.221. The highest BCUT2D eigenvalue weighted by atomic mass is 32.2. The van der Waals surface area contributed by atoms with Gasteiger partial charge in [-0.15, -0.1) is 0 Å². The highest BCUT2D eigenvalue weighted by Gasteiger charge is 2.28. The van der Waals surface area contributed by atoms with E-state index in [0.717, 1.165) is 11.8 Å². The quantitative estimate of drug-likeness (QED) is 0.792. The minimum atomic E-state index is -3.31. The number of rotatable bonds is 5. The van der Waals surface area contributed by atoms with E-state index in [4.69, 9.17) is 0 Å². The van der Waals surface area contributed by atoms with Gasteiger partial charge in [0.1, 0.15) is 0 Å². The molecule has 0 aromatic heterocycles. The smallest absolute Gasteiger partial charge is 0.255 e. The molecule has 2 aromatic rings. The van der Waals surface area contributed by atoms with Crippen molar-refractivity contribution in [3.8, 4) is 0 Å². The van der Waals surface area contributed by atoms with Gasteiger partial charge < -0.3 is 5.32 Å². The summed E-state index contributed by atoms with van der Waals surface area (Å²) in [5.41, 5.74) is 1.67. The zero-order valence-electron chi connectivity index (χ0n) is 14.6. The second kappa shape index (κ2) is 7.32. The molecule has 8 heteroatoms. The molecule has 1 fully saturated rings. The number of carbonyl (C=O) groups excluding carboxylic acids is 3. The van der Waals surface area contributed by atoms with Crippen LogP contribution < -0.4 is 5.32 Å². The van der Waals surface area contributed by atoms with Crippen LogP contribution in [-0.4, -0.2) is 37.3 Å². The Morgan fingerprint density at radius 3 is 2.04 bits per heavy atom. The van der Waals surface area contributed by atoms with E-state index in [9.17, 15) is 22.8 Å². The summed E-state index contributed by atoms with van der Waals surface area (Å²) in [4.78, 5) is 37.0. The van der Waals surface area contributed by atoms with Crippen molar-refractivity contribution < 1.29 is 22.8 Å². The number of hydrogen-bond acceptors (Lipinski definition) is 5. The van der Waals surface area contributed by atoms with Crippen molar-refractivity contribution in [3.05, 3.63) is 59.7 Å². The minimum Gasteiger partial charge on any atom is -0.322 e. The number of imide groups is 1. The van der Waals surface area contributed by atoms with Gasteiger partial charge in [0.25, 0.3) is 5.91 Å². The summed E-state index contributed by atoms with van der Waals surface area (Å²) >= 11 is 0. The van der Waals surface area contributed by atoms with E-state index < -0.39 is 9.84 Å². The van der Waals surface area contributed by atoms with Crippen LogP contribution >= 0.6 is 0 Å². The Hall–Kier alpha value is -3.00. The lowest BCUT2D eigenvalue weighted by atomic mass is 10.1. The van der Waals surface area contributed by atoms with E-state index in [1.165, 1.54) is 29.2 Å². The molecule has 0 spiro atoms. The Labute approximate surface area is 156 Å². The number of benzene rings is 2. The number of anilines is 1. The van der Waals surface area contributed by atoms with E-state index in [1.54, 1.807) is 24.3 Å². The van der Waals surface area contributed by atoms with Crippen molar-refractivity contribution in [1.82, 2.24) is 4.90 Å². The fourth-order valence-electron chi connectivity index (χ4n) is 2.73. The maximum absolute atomic E-state index is 12.3. The first-order valence-electron chi connectivity index (χ1n) is 8.27. The zero-order chi connectivity index (χ0) is 19.6. The first kappa shape index (κ1) is 18.8. The third-order valence-electron chi connectivity index (χ3n) is 4.25. The molecule has 0 saturated carbocycles. The Kier molecular flexibility index (Phi) is 5.09. The molecule has 1 N–H and O–H groups in total. The van der Waals surface area contributed by atoms with Gasteiger partial charge in [-0.2, -0.15) is 0 Å². The van der Waals surface area contributed by atoms with E-state index >= 15 is 0 Å². The predicted molar refractivity (Wildman–Crippen MR) is 98.7 cm³/mol. The number of likely N-dealkylation sites (tertiary alicyclic amines) is 1. The molecule has 0 atom stereocenters. The van der Waals surface area contributed by atoms with Gasteiger partial charge in [0.15, 0.2) is 9.84 Å². The van der Waals surface area contributed by atoms with Crippen molar-refractivity contribution in [3.63, 3.8) is 0 Å². The highest BCUT2D eigenvalue weighted by Crippen LogP contribution is 2.18. The molecule has 1 aliphatic heterocycles. The van der Waals surface area contributed by atoms with Gasteiger partial charge in [-0.25, -0.2) is 8.42 Å². The Balaban J connectivity index is 1.65. The third-order valence-corrected chi connectivity index (χ3v) is 5.38. The number of sulfone groups is 1. The molecule has 0 unspecified atom stereocenters. The van der Waals surface area contributed by atoms with Crippen LogP contribution in [0.4, 0.5) is 5.69 Å². The molecule has 1 aliphatic rings. The molecule has 140 valence electrons. The molecular weight excluding hydrogens is 368 g/mol. The minimum absolute atomic E-state index is 0.148. The average molecular weight is 386 g/mol. The Morgan fingerprint density at radius 1 is 0.963 bits per heavy atom. The van der Waals surface area contributed by atoms with E-state index in [-0.39, 0.29) is 42.0 Å². The largest absolute Gasteiger partial charge is 0.322 e. The molecule has 3 rings (SSSR count). The van der Waals surface area contributed by atoms with Gasteiger partial charge in [0, 0.05) is 30.3 Å². The predicted octanol–water partition coefficient (Wildman–Crippen LogP) is 1.99. The van der Waals surface area contributed by atoms with Crippen LogP contribution in [0.5, 0.6) is 0 Å². The molecule has 3 amide bonds. The normalized spacial score (nSPS) is 14.5. The van der Waals surface area contributed by atoms with Gasteiger partial charge in [-0.05, 0) is 42.0 Å². The van der Waals surface area contributed by atoms with Crippen LogP contribution in [0.15, 0.2) is 53.4 Å². The van der Waals surface area contributed by atoms with Crippen molar-refractivity contribution in [2.75, 3.05) is 11.6 Å². The molecule has 1 saturated heterocycles. The van der Waals surface area contributed by atoms with Gasteiger partial charge in [-0.1, -0.05) is 12.1 Å². The molecule has 0 bridgehead atoms. The fraction of sp³-hybridized carbons (Fsp3) is 0.211. The fourth-order valence-corrected chi connectivity index (χ4v) is 3.36. The van der Waals surface area contributed by atoms with Gasteiger partial charge >= 0.3 is 0 Å². The van der Waals surface area contributed by atoms with Crippen LogP contribution in [0.25, 0.3) is 0 Å². The van der Waals surface area contributed by atoms with Crippen LogP contribution in [0.2, 0.25) is 0 Å². The summed E-state index contributed by atoms with van der Waals surface area (Å²) in [7, 11) is -3.31.